The van der Waals surface area contributed by atoms with Gasteiger partial charge in [0, 0.05) is 5.02 Å². The first-order valence-corrected chi connectivity index (χ1v) is 7.64. The smallest absolute Gasteiger partial charge is 0.173 e. The van der Waals surface area contributed by atoms with Crippen LogP contribution in [0.4, 0.5) is 17.2 Å². The largest absolute Gasteiger partial charge is 0.380 e. The van der Waals surface area contributed by atoms with Crippen LogP contribution in [0.25, 0.3) is 0 Å². The van der Waals surface area contributed by atoms with E-state index in [2.05, 4.69) is 32.6 Å². The van der Waals surface area contributed by atoms with Gasteiger partial charge in [0.25, 0.3) is 0 Å². The molecule has 0 fully saturated rings. The van der Waals surface area contributed by atoms with E-state index in [0.29, 0.717) is 22.2 Å². The number of benzene rings is 2. The third kappa shape index (κ3) is 3.96. The van der Waals surface area contributed by atoms with Crippen molar-refractivity contribution in [2.75, 3.05) is 5.73 Å². The zero-order chi connectivity index (χ0) is 16.1. The number of nitrogens with zero attached hydrogens (tertiary/aromatic N) is 3. The Morgan fingerprint density at radius 3 is 2.61 bits per heavy atom. The Kier molecular flexibility index (Phi) is 4.68. The second-order valence-corrected chi connectivity index (χ2v) is 5.54. The number of anilines is 1. The standard InChI is InChI=1S/C17H16ClN5/c18-13-7-4-8-14(11-13)20-22-16-15(21-23-17(16)19)10-9-12-5-2-1-3-6-12/h1-8,11H,9-10H2,(H3,19,21,23). The summed E-state index contributed by atoms with van der Waals surface area (Å²) >= 11 is 5.94. The monoisotopic (exact) mass is 325 g/mol. The fourth-order valence-corrected chi connectivity index (χ4v) is 2.42. The molecule has 0 aliphatic rings. The van der Waals surface area contributed by atoms with Crippen molar-refractivity contribution in [3.05, 3.63) is 70.9 Å². The Morgan fingerprint density at radius 2 is 1.83 bits per heavy atom. The van der Waals surface area contributed by atoms with E-state index in [4.69, 9.17) is 17.3 Å². The second-order valence-electron chi connectivity index (χ2n) is 5.10. The van der Waals surface area contributed by atoms with E-state index in [0.717, 1.165) is 18.5 Å². The average molecular weight is 326 g/mol. The summed E-state index contributed by atoms with van der Waals surface area (Å²) in [4.78, 5) is 0. The van der Waals surface area contributed by atoms with Gasteiger partial charge in [-0.05, 0) is 36.6 Å². The summed E-state index contributed by atoms with van der Waals surface area (Å²) < 4.78 is 0. The zero-order valence-electron chi connectivity index (χ0n) is 12.4. The molecule has 3 N–H and O–H groups in total. The molecular formula is C17H16ClN5. The van der Waals surface area contributed by atoms with Crippen LogP contribution < -0.4 is 5.73 Å². The number of H-pyrrole nitrogens is 1. The number of aromatic amines is 1. The van der Waals surface area contributed by atoms with E-state index in [-0.39, 0.29) is 0 Å². The molecule has 0 unspecified atom stereocenters. The molecule has 116 valence electrons. The topological polar surface area (TPSA) is 79.4 Å². The Hall–Kier alpha value is -2.66. The van der Waals surface area contributed by atoms with Gasteiger partial charge in [0.15, 0.2) is 11.5 Å². The number of hydrogen-bond donors (Lipinski definition) is 2. The molecule has 3 aromatic rings. The van der Waals surface area contributed by atoms with Crippen LogP contribution in [0.2, 0.25) is 5.02 Å². The predicted molar refractivity (Wildman–Crippen MR) is 92.5 cm³/mol. The van der Waals surface area contributed by atoms with Gasteiger partial charge in [0.2, 0.25) is 0 Å². The van der Waals surface area contributed by atoms with Crippen molar-refractivity contribution in [1.29, 1.82) is 0 Å². The first-order valence-electron chi connectivity index (χ1n) is 7.26. The number of nitrogens with one attached hydrogen (secondary N) is 1. The van der Waals surface area contributed by atoms with Gasteiger partial charge >= 0.3 is 0 Å². The van der Waals surface area contributed by atoms with Crippen LogP contribution in [-0.2, 0) is 12.8 Å². The summed E-state index contributed by atoms with van der Waals surface area (Å²) in [6.07, 6.45) is 1.64. The number of halogens is 1. The fourth-order valence-electron chi connectivity index (χ4n) is 2.23. The number of nitrogen functional groups attached to an aromatic ring is 1. The molecular weight excluding hydrogens is 310 g/mol. The maximum absolute atomic E-state index is 5.94. The van der Waals surface area contributed by atoms with Crippen molar-refractivity contribution in [3.8, 4) is 0 Å². The van der Waals surface area contributed by atoms with Crippen LogP contribution >= 0.6 is 11.6 Å². The van der Waals surface area contributed by atoms with Crippen LogP contribution in [0.5, 0.6) is 0 Å². The first kappa shape index (κ1) is 15.2. The van der Waals surface area contributed by atoms with E-state index < -0.39 is 0 Å². The van der Waals surface area contributed by atoms with Gasteiger partial charge in [-0.2, -0.15) is 10.2 Å². The number of azo groups is 1. The Balaban J connectivity index is 1.76. The van der Waals surface area contributed by atoms with Crippen molar-refractivity contribution in [3.63, 3.8) is 0 Å². The highest BCUT2D eigenvalue weighted by Gasteiger charge is 2.10. The number of aromatic nitrogens is 2. The van der Waals surface area contributed by atoms with E-state index in [1.807, 2.05) is 30.3 Å². The molecule has 0 aliphatic heterocycles. The van der Waals surface area contributed by atoms with Crippen LogP contribution in [-0.4, -0.2) is 10.2 Å². The molecule has 23 heavy (non-hydrogen) atoms. The summed E-state index contributed by atoms with van der Waals surface area (Å²) in [6, 6.07) is 17.4. The molecule has 0 radical (unpaired) electrons. The molecule has 0 aliphatic carbocycles. The zero-order valence-corrected chi connectivity index (χ0v) is 13.2. The van der Waals surface area contributed by atoms with Gasteiger partial charge in [-0.15, -0.1) is 5.11 Å². The highest BCUT2D eigenvalue weighted by molar-refractivity contribution is 6.30. The van der Waals surface area contributed by atoms with Crippen LogP contribution in [0.1, 0.15) is 11.3 Å². The van der Waals surface area contributed by atoms with E-state index in [1.165, 1.54) is 5.56 Å². The maximum Gasteiger partial charge on any atom is 0.173 e. The van der Waals surface area contributed by atoms with Crippen LogP contribution in [0.15, 0.2) is 64.8 Å². The summed E-state index contributed by atoms with van der Waals surface area (Å²) in [5.41, 5.74) is 9.26. The minimum Gasteiger partial charge on any atom is -0.380 e. The number of rotatable bonds is 5. The minimum atomic E-state index is 0.346. The van der Waals surface area contributed by atoms with Crippen molar-refractivity contribution >= 4 is 28.8 Å². The molecule has 2 aromatic carbocycles. The van der Waals surface area contributed by atoms with Crippen LogP contribution in [0, 0.1) is 0 Å². The molecule has 0 atom stereocenters. The Labute approximate surface area is 139 Å². The van der Waals surface area contributed by atoms with Crippen molar-refractivity contribution in [2.45, 2.75) is 12.8 Å². The maximum atomic E-state index is 5.94. The van der Waals surface area contributed by atoms with Gasteiger partial charge in [-0.1, -0.05) is 48.0 Å². The Bertz CT molecular complexity index is 811. The quantitative estimate of drug-likeness (QED) is 0.658. The van der Waals surface area contributed by atoms with Crippen molar-refractivity contribution in [1.82, 2.24) is 10.2 Å². The molecule has 3 rings (SSSR count). The molecule has 0 bridgehead atoms. The third-order valence-electron chi connectivity index (χ3n) is 3.42. The Morgan fingerprint density at radius 1 is 1.00 bits per heavy atom. The molecule has 0 saturated heterocycles. The van der Waals surface area contributed by atoms with Gasteiger partial charge in [0.05, 0.1) is 11.4 Å². The normalized spacial score (nSPS) is 11.2. The van der Waals surface area contributed by atoms with Crippen molar-refractivity contribution in [2.24, 2.45) is 10.2 Å². The van der Waals surface area contributed by atoms with Crippen LogP contribution in [0.3, 0.4) is 0 Å². The second kappa shape index (κ2) is 7.07. The first-order chi connectivity index (χ1) is 11.2. The highest BCUT2D eigenvalue weighted by atomic mass is 35.5. The van der Waals surface area contributed by atoms with E-state index in [9.17, 15) is 0 Å². The lowest BCUT2D eigenvalue weighted by molar-refractivity contribution is 0.891. The molecule has 6 heteroatoms. The van der Waals surface area contributed by atoms with Gasteiger partial charge in [-0.3, -0.25) is 5.10 Å². The molecule has 0 saturated carbocycles. The van der Waals surface area contributed by atoms with E-state index in [1.54, 1.807) is 12.1 Å². The minimum absolute atomic E-state index is 0.346. The molecule has 1 heterocycles. The van der Waals surface area contributed by atoms with Crippen molar-refractivity contribution < 1.29 is 0 Å². The highest BCUT2D eigenvalue weighted by Crippen LogP contribution is 2.28. The number of hydrogen-bond acceptors (Lipinski definition) is 4. The SMILES string of the molecule is Nc1n[nH]c(CCc2ccccc2)c1N=Nc1cccc(Cl)c1. The lowest BCUT2D eigenvalue weighted by Gasteiger charge is -2.00. The van der Waals surface area contributed by atoms with Gasteiger partial charge in [0.1, 0.15) is 0 Å². The average Bonchev–Trinajstić information content (AvgIpc) is 2.92. The summed E-state index contributed by atoms with van der Waals surface area (Å²) in [7, 11) is 0. The lowest BCUT2D eigenvalue weighted by atomic mass is 10.1. The summed E-state index contributed by atoms with van der Waals surface area (Å²) in [5, 5.41) is 16.0. The van der Waals surface area contributed by atoms with Gasteiger partial charge in [-0.25, -0.2) is 0 Å². The molecule has 0 spiro atoms. The van der Waals surface area contributed by atoms with E-state index >= 15 is 0 Å². The molecule has 0 amide bonds. The lowest BCUT2D eigenvalue weighted by Crippen LogP contribution is -1.92. The molecule has 5 nitrogen and oxygen atoms in total. The predicted octanol–water partition coefficient (Wildman–Crippen LogP) is 4.85. The fraction of sp³-hybridized carbons (Fsp3) is 0.118. The summed E-state index contributed by atoms with van der Waals surface area (Å²) in [5.74, 6) is 0.346. The summed E-state index contributed by atoms with van der Waals surface area (Å²) in [6.45, 7) is 0. The number of aryl methyl sites for hydroxylation is 2. The van der Waals surface area contributed by atoms with Gasteiger partial charge < -0.3 is 5.73 Å². The third-order valence-corrected chi connectivity index (χ3v) is 3.66. The number of nitrogens with two attached hydrogens (primary N) is 1. The molecule has 1 aromatic heterocycles.